The molecule has 0 radical (unpaired) electrons. The third-order valence-electron chi connectivity index (χ3n) is 2.24. The summed E-state index contributed by atoms with van der Waals surface area (Å²) in [6.45, 7) is 7.41. The molecule has 0 aliphatic carbocycles. The Kier molecular flexibility index (Phi) is 7.00. The Morgan fingerprint density at radius 1 is 1.31 bits per heavy atom. The molecule has 0 aliphatic rings. The van der Waals surface area contributed by atoms with Gasteiger partial charge in [-0.2, -0.15) is 0 Å². The molecule has 0 aromatic carbocycles. The van der Waals surface area contributed by atoms with Crippen molar-refractivity contribution in [3.63, 3.8) is 0 Å². The maximum atomic E-state index is 9.42. The van der Waals surface area contributed by atoms with Crippen molar-refractivity contribution in [2.75, 3.05) is 18.9 Å². The van der Waals surface area contributed by atoms with Crippen LogP contribution in [0.1, 0.15) is 27.2 Å². The second-order valence-corrected chi connectivity index (χ2v) is 4.87. The molecule has 0 fully saturated rings. The first-order chi connectivity index (χ1) is 5.97. The monoisotopic (exact) mass is 251 g/mol. The first-order valence-corrected chi connectivity index (χ1v) is 6.03. The number of hydrogen-bond donors (Lipinski definition) is 1. The number of rotatable bonds is 6. The van der Waals surface area contributed by atoms with Gasteiger partial charge in [0.25, 0.3) is 0 Å². The summed E-state index contributed by atoms with van der Waals surface area (Å²) in [5.41, 5.74) is 0. The molecule has 2 atom stereocenters. The molecule has 0 rings (SSSR count). The standard InChI is InChI=1S/C10H22BrNO/c1-8(2)5-9(3)12(4)7-10(13)6-11/h8-10,13H,5-7H2,1-4H3. The number of aliphatic hydroxyl groups excluding tert-OH is 1. The van der Waals surface area contributed by atoms with E-state index >= 15 is 0 Å². The molecular formula is C10H22BrNO. The van der Waals surface area contributed by atoms with Crippen LogP contribution >= 0.6 is 15.9 Å². The van der Waals surface area contributed by atoms with E-state index in [1.54, 1.807) is 0 Å². The van der Waals surface area contributed by atoms with Crippen molar-refractivity contribution in [2.24, 2.45) is 5.92 Å². The largest absolute Gasteiger partial charge is 0.391 e. The van der Waals surface area contributed by atoms with E-state index in [9.17, 15) is 5.11 Å². The quantitative estimate of drug-likeness (QED) is 0.732. The Hall–Kier alpha value is 0.400. The lowest BCUT2D eigenvalue weighted by Crippen LogP contribution is -2.37. The fourth-order valence-electron chi connectivity index (χ4n) is 1.42. The molecule has 80 valence electrons. The van der Waals surface area contributed by atoms with Gasteiger partial charge in [-0.3, -0.25) is 0 Å². The topological polar surface area (TPSA) is 23.5 Å². The van der Waals surface area contributed by atoms with Crippen molar-refractivity contribution in [3.05, 3.63) is 0 Å². The second-order valence-electron chi connectivity index (χ2n) is 4.23. The van der Waals surface area contributed by atoms with Gasteiger partial charge in [-0.1, -0.05) is 29.8 Å². The van der Waals surface area contributed by atoms with Crippen LogP contribution in [-0.2, 0) is 0 Å². The molecule has 3 heteroatoms. The Morgan fingerprint density at radius 3 is 2.23 bits per heavy atom. The number of hydrogen-bond acceptors (Lipinski definition) is 2. The minimum Gasteiger partial charge on any atom is -0.391 e. The summed E-state index contributed by atoms with van der Waals surface area (Å²) in [7, 11) is 2.07. The third kappa shape index (κ3) is 6.47. The van der Waals surface area contributed by atoms with Gasteiger partial charge in [-0.15, -0.1) is 0 Å². The molecule has 0 saturated heterocycles. The summed E-state index contributed by atoms with van der Waals surface area (Å²) < 4.78 is 0. The van der Waals surface area contributed by atoms with Crippen LogP contribution < -0.4 is 0 Å². The van der Waals surface area contributed by atoms with E-state index in [4.69, 9.17) is 0 Å². The van der Waals surface area contributed by atoms with Crippen LogP contribution in [0.3, 0.4) is 0 Å². The first-order valence-electron chi connectivity index (χ1n) is 4.91. The molecule has 0 aromatic rings. The van der Waals surface area contributed by atoms with Gasteiger partial charge in [0.1, 0.15) is 0 Å². The molecule has 0 bridgehead atoms. The van der Waals surface area contributed by atoms with E-state index in [1.807, 2.05) is 0 Å². The molecule has 0 heterocycles. The Morgan fingerprint density at radius 2 is 1.85 bits per heavy atom. The zero-order valence-electron chi connectivity index (χ0n) is 9.13. The van der Waals surface area contributed by atoms with E-state index in [-0.39, 0.29) is 6.10 Å². The van der Waals surface area contributed by atoms with Crippen molar-refractivity contribution in [1.29, 1.82) is 0 Å². The number of aliphatic hydroxyl groups is 1. The van der Waals surface area contributed by atoms with E-state index in [2.05, 4.69) is 48.6 Å². The first kappa shape index (κ1) is 13.4. The highest BCUT2D eigenvalue weighted by atomic mass is 79.9. The molecule has 1 N–H and O–H groups in total. The summed E-state index contributed by atoms with van der Waals surface area (Å²) in [6, 6.07) is 0.550. The Labute approximate surface area is 90.4 Å². The Balaban J connectivity index is 3.74. The van der Waals surface area contributed by atoms with Crippen LogP contribution in [0.2, 0.25) is 0 Å². The van der Waals surface area contributed by atoms with E-state index in [1.165, 1.54) is 6.42 Å². The highest BCUT2D eigenvalue weighted by Crippen LogP contribution is 2.10. The predicted octanol–water partition coefficient (Wildman–Crippen LogP) is 2.11. The number of likely N-dealkylation sites (N-methyl/N-ethyl adjacent to an activating group) is 1. The molecule has 0 aliphatic heterocycles. The molecule has 0 saturated carbocycles. The summed E-state index contributed by atoms with van der Waals surface area (Å²) in [5, 5.41) is 10.1. The van der Waals surface area contributed by atoms with Crippen LogP contribution in [0.15, 0.2) is 0 Å². The number of halogens is 1. The fourth-order valence-corrected chi connectivity index (χ4v) is 1.63. The van der Waals surface area contributed by atoms with Crippen LogP contribution in [-0.4, -0.2) is 41.1 Å². The summed E-state index contributed by atoms with van der Waals surface area (Å²) in [5.74, 6) is 0.721. The molecule has 13 heavy (non-hydrogen) atoms. The number of alkyl halides is 1. The molecule has 2 unspecified atom stereocenters. The minimum atomic E-state index is -0.250. The maximum Gasteiger partial charge on any atom is 0.0763 e. The van der Waals surface area contributed by atoms with E-state index < -0.39 is 0 Å². The Bertz CT molecular complexity index is 130. The molecule has 0 aromatic heterocycles. The van der Waals surface area contributed by atoms with Gasteiger partial charge in [0, 0.05) is 17.9 Å². The summed E-state index contributed by atoms with van der Waals surface area (Å²) in [4.78, 5) is 2.21. The second kappa shape index (κ2) is 6.80. The van der Waals surface area contributed by atoms with Gasteiger partial charge in [-0.05, 0) is 26.3 Å². The summed E-state index contributed by atoms with van der Waals surface area (Å²) >= 11 is 3.27. The number of nitrogens with zero attached hydrogens (tertiary/aromatic N) is 1. The fraction of sp³-hybridized carbons (Fsp3) is 1.00. The van der Waals surface area contributed by atoms with Gasteiger partial charge >= 0.3 is 0 Å². The zero-order chi connectivity index (χ0) is 10.4. The van der Waals surface area contributed by atoms with Crippen molar-refractivity contribution in [3.8, 4) is 0 Å². The highest BCUT2D eigenvalue weighted by molar-refractivity contribution is 9.09. The minimum absolute atomic E-state index is 0.250. The smallest absolute Gasteiger partial charge is 0.0763 e. The third-order valence-corrected chi connectivity index (χ3v) is 2.99. The zero-order valence-corrected chi connectivity index (χ0v) is 10.7. The van der Waals surface area contributed by atoms with Gasteiger partial charge in [0.2, 0.25) is 0 Å². The lowest BCUT2D eigenvalue weighted by molar-refractivity contribution is 0.118. The van der Waals surface area contributed by atoms with Gasteiger partial charge in [0.15, 0.2) is 0 Å². The van der Waals surface area contributed by atoms with Crippen LogP contribution in [0, 0.1) is 5.92 Å². The van der Waals surface area contributed by atoms with Crippen LogP contribution in [0.5, 0.6) is 0 Å². The van der Waals surface area contributed by atoms with Crippen molar-refractivity contribution in [1.82, 2.24) is 4.90 Å². The van der Waals surface area contributed by atoms with Crippen molar-refractivity contribution >= 4 is 15.9 Å². The van der Waals surface area contributed by atoms with Crippen LogP contribution in [0.4, 0.5) is 0 Å². The van der Waals surface area contributed by atoms with Gasteiger partial charge < -0.3 is 10.0 Å². The average Bonchev–Trinajstić information content (AvgIpc) is 2.02. The van der Waals surface area contributed by atoms with Crippen molar-refractivity contribution in [2.45, 2.75) is 39.3 Å². The molecule has 0 spiro atoms. The maximum absolute atomic E-state index is 9.42. The predicted molar refractivity (Wildman–Crippen MR) is 61.3 cm³/mol. The molecule has 2 nitrogen and oxygen atoms in total. The lowest BCUT2D eigenvalue weighted by Gasteiger charge is -2.27. The normalized spacial score (nSPS) is 16.6. The highest BCUT2D eigenvalue weighted by Gasteiger charge is 2.13. The average molecular weight is 252 g/mol. The summed E-state index contributed by atoms with van der Waals surface area (Å²) in [6.07, 6.45) is 0.936. The van der Waals surface area contributed by atoms with E-state index in [0.29, 0.717) is 11.4 Å². The molecule has 0 amide bonds. The van der Waals surface area contributed by atoms with Gasteiger partial charge in [-0.25, -0.2) is 0 Å². The van der Waals surface area contributed by atoms with Crippen LogP contribution in [0.25, 0.3) is 0 Å². The molecular weight excluding hydrogens is 230 g/mol. The van der Waals surface area contributed by atoms with E-state index in [0.717, 1.165) is 12.5 Å². The SMILES string of the molecule is CC(C)CC(C)N(C)CC(O)CBr. The van der Waals surface area contributed by atoms with Gasteiger partial charge in [0.05, 0.1) is 6.10 Å². The van der Waals surface area contributed by atoms with Crippen molar-refractivity contribution < 1.29 is 5.11 Å². The lowest BCUT2D eigenvalue weighted by atomic mass is 10.0.